The van der Waals surface area contributed by atoms with E-state index in [4.69, 9.17) is 11.6 Å². The van der Waals surface area contributed by atoms with E-state index in [9.17, 15) is 0 Å². The molecule has 0 bridgehead atoms. The molecule has 0 aliphatic carbocycles. The Morgan fingerprint density at radius 3 is 2.50 bits per heavy atom. The number of hydrogen-bond donors (Lipinski definition) is 1. The van der Waals surface area contributed by atoms with Gasteiger partial charge in [0, 0.05) is 10.9 Å². The van der Waals surface area contributed by atoms with Crippen molar-refractivity contribution < 1.29 is 0 Å². The second-order valence-electron chi connectivity index (χ2n) is 5.43. The molecular formula is C13H22ClNS. The van der Waals surface area contributed by atoms with Crippen molar-refractivity contribution >= 4 is 22.9 Å². The van der Waals surface area contributed by atoms with Crippen molar-refractivity contribution in [1.82, 2.24) is 5.32 Å². The van der Waals surface area contributed by atoms with Gasteiger partial charge < -0.3 is 5.32 Å². The molecule has 0 radical (unpaired) electrons. The zero-order chi connectivity index (χ0) is 12.2. The van der Waals surface area contributed by atoms with Crippen LogP contribution in [0, 0.1) is 5.41 Å². The first-order chi connectivity index (χ1) is 7.40. The molecule has 1 aromatic rings. The maximum atomic E-state index is 5.95. The molecule has 1 unspecified atom stereocenters. The number of rotatable bonds is 5. The molecule has 0 saturated heterocycles. The molecule has 0 saturated carbocycles. The van der Waals surface area contributed by atoms with Crippen LogP contribution in [-0.2, 0) is 6.42 Å². The van der Waals surface area contributed by atoms with Crippen LogP contribution in [0.5, 0.6) is 0 Å². The number of likely N-dealkylation sites (N-methyl/N-ethyl adjacent to an activating group) is 1. The van der Waals surface area contributed by atoms with Crippen LogP contribution in [0.15, 0.2) is 12.1 Å². The molecule has 0 fully saturated rings. The monoisotopic (exact) mass is 259 g/mol. The van der Waals surface area contributed by atoms with Crippen LogP contribution < -0.4 is 5.32 Å². The largest absolute Gasteiger partial charge is 0.314 e. The van der Waals surface area contributed by atoms with Gasteiger partial charge in [-0.05, 0) is 36.9 Å². The molecule has 0 aromatic carbocycles. The third-order valence-corrected chi connectivity index (χ3v) is 3.68. The first-order valence-corrected chi connectivity index (χ1v) is 7.08. The average molecular weight is 260 g/mol. The van der Waals surface area contributed by atoms with Crippen molar-refractivity contribution in [2.24, 2.45) is 5.41 Å². The summed E-state index contributed by atoms with van der Waals surface area (Å²) in [6.07, 6.45) is 2.28. The fraction of sp³-hybridized carbons (Fsp3) is 0.692. The van der Waals surface area contributed by atoms with Gasteiger partial charge in [0.2, 0.25) is 0 Å². The van der Waals surface area contributed by atoms with Gasteiger partial charge in [-0.25, -0.2) is 0 Å². The molecule has 0 amide bonds. The lowest BCUT2D eigenvalue weighted by molar-refractivity contribution is 0.310. The summed E-state index contributed by atoms with van der Waals surface area (Å²) in [6.45, 7) is 10.1. The molecule has 3 heteroatoms. The Morgan fingerprint density at radius 2 is 2.06 bits per heavy atom. The lowest BCUT2D eigenvalue weighted by Gasteiger charge is -2.26. The van der Waals surface area contributed by atoms with Crippen molar-refractivity contribution in [3.63, 3.8) is 0 Å². The minimum Gasteiger partial charge on any atom is -0.314 e. The molecule has 92 valence electrons. The summed E-state index contributed by atoms with van der Waals surface area (Å²) in [4.78, 5) is 1.38. The second-order valence-corrected chi connectivity index (χ2v) is 7.23. The molecule has 1 nitrogen and oxygen atoms in total. The standard InChI is InChI=1S/C13H22ClNS/c1-5-15-10(9-13(2,3)4)8-11-6-7-12(14)16-11/h6-7,10,15H,5,8-9H2,1-4H3. The predicted octanol–water partition coefficient (Wildman–Crippen LogP) is 4.36. The molecule has 0 aliphatic rings. The zero-order valence-corrected chi connectivity index (χ0v) is 12.2. The van der Waals surface area contributed by atoms with E-state index in [1.807, 2.05) is 6.07 Å². The van der Waals surface area contributed by atoms with Crippen molar-refractivity contribution in [2.75, 3.05) is 6.54 Å². The second kappa shape index (κ2) is 6.04. The van der Waals surface area contributed by atoms with Gasteiger partial charge in [-0.2, -0.15) is 0 Å². The van der Waals surface area contributed by atoms with Crippen molar-refractivity contribution in [3.8, 4) is 0 Å². The van der Waals surface area contributed by atoms with Crippen LogP contribution in [0.4, 0.5) is 0 Å². The summed E-state index contributed by atoms with van der Waals surface area (Å²) in [6, 6.07) is 4.68. The van der Waals surface area contributed by atoms with E-state index in [0.717, 1.165) is 17.3 Å². The maximum Gasteiger partial charge on any atom is 0.0931 e. The highest BCUT2D eigenvalue weighted by atomic mass is 35.5. The SMILES string of the molecule is CCNC(Cc1ccc(Cl)s1)CC(C)(C)C. The van der Waals surface area contributed by atoms with Crippen molar-refractivity contribution in [1.29, 1.82) is 0 Å². The Labute approximate surface area is 108 Å². The number of nitrogens with one attached hydrogen (secondary N) is 1. The molecular weight excluding hydrogens is 238 g/mol. The molecule has 0 aliphatic heterocycles. The van der Waals surface area contributed by atoms with Crippen molar-refractivity contribution in [2.45, 2.75) is 46.6 Å². The Morgan fingerprint density at radius 1 is 1.38 bits per heavy atom. The minimum atomic E-state index is 0.369. The molecule has 0 spiro atoms. The molecule has 16 heavy (non-hydrogen) atoms. The van der Waals surface area contributed by atoms with Crippen LogP contribution in [0.1, 0.15) is 39.0 Å². The fourth-order valence-corrected chi connectivity index (χ4v) is 3.12. The highest BCUT2D eigenvalue weighted by molar-refractivity contribution is 7.16. The first kappa shape index (κ1) is 14.0. The van der Waals surface area contributed by atoms with Crippen LogP contribution in [0.2, 0.25) is 4.34 Å². The van der Waals surface area contributed by atoms with E-state index < -0.39 is 0 Å². The van der Waals surface area contributed by atoms with Crippen LogP contribution in [0.25, 0.3) is 0 Å². The van der Waals surface area contributed by atoms with E-state index in [1.165, 1.54) is 11.3 Å². The van der Waals surface area contributed by atoms with Crippen LogP contribution >= 0.6 is 22.9 Å². The molecule has 1 N–H and O–H groups in total. The summed E-state index contributed by atoms with van der Waals surface area (Å²) in [5.74, 6) is 0. The normalized spacial score (nSPS) is 14.1. The maximum absolute atomic E-state index is 5.95. The average Bonchev–Trinajstić information content (AvgIpc) is 2.48. The Bertz CT molecular complexity index is 314. The highest BCUT2D eigenvalue weighted by Gasteiger charge is 2.18. The van der Waals surface area contributed by atoms with E-state index in [-0.39, 0.29) is 0 Å². The minimum absolute atomic E-state index is 0.369. The lowest BCUT2D eigenvalue weighted by Crippen LogP contribution is -2.34. The summed E-state index contributed by atoms with van der Waals surface area (Å²) in [7, 11) is 0. The zero-order valence-electron chi connectivity index (χ0n) is 10.6. The van der Waals surface area contributed by atoms with E-state index >= 15 is 0 Å². The number of hydrogen-bond acceptors (Lipinski definition) is 2. The number of halogens is 1. The molecule has 1 aromatic heterocycles. The van der Waals surface area contributed by atoms with E-state index in [2.05, 4.69) is 39.1 Å². The summed E-state index contributed by atoms with van der Waals surface area (Å²) in [5.41, 5.74) is 0.369. The fourth-order valence-electron chi connectivity index (χ4n) is 1.95. The smallest absolute Gasteiger partial charge is 0.0931 e. The quantitative estimate of drug-likeness (QED) is 0.829. The van der Waals surface area contributed by atoms with Crippen LogP contribution in [0.3, 0.4) is 0 Å². The van der Waals surface area contributed by atoms with Gasteiger partial charge in [-0.3, -0.25) is 0 Å². The van der Waals surface area contributed by atoms with Gasteiger partial charge in [-0.15, -0.1) is 11.3 Å². The molecule has 1 heterocycles. The number of thiophene rings is 1. The topological polar surface area (TPSA) is 12.0 Å². The van der Waals surface area contributed by atoms with Crippen molar-refractivity contribution in [3.05, 3.63) is 21.3 Å². The van der Waals surface area contributed by atoms with Gasteiger partial charge >= 0.3 is 0 Å². The summed E-state index contributed by atoms with van der Waals surface area (Å²) >= 11 is 7.65. The van der Waals surface area contributed by atoms with Gasteiger partial charge in [0.05, 0.1) is 4.34 Å². The molecule has 1 rings (SSSR count). The van der Waals surface area contributed by atoms with Gasteiger partial charge in [0.25, 0.3) is 0 Å². The summed E-state index contributed by atoms with van der Waals surface area (Å²) in [5, 5.41) is 3.56. The van der Waals surface area contributed by atoms with Gasteiger partial charge in [-0.1, -0.05) is 39.3 Å². The Kier molecular flexibility index (Phi) is 5.29. The van der Waals surface area contributed by atoms with E-state index in [0.29, 0.717) is 11.5 Å². The van der Waals surface area contributed by atoms with Gasteiger partial charge in [0.15, 0.2) is 0 Å². The molecule has 1 atom stereocenters. The lowest BCUT2D eigenvalue weighted by atomic mass is 9.87. The Balaban J connectivity index is 2.57. The predicted molar refractivity (Wildman–Crippen MR) is 74.6 cm³/mol. The third-order valence-electron chi connectivity index (χ3n) is 2.43. The first-order valence-electron chi connectivity index (χ1n) is 5.88. The highest BCUT2D eigenvalue weighted by Crippen LogP contribution is 2.26. The summed E-state index contributed by atoms with van der Waals surface area (Å²) < 4.78 is 0.890. The third kappa shape index (κ3) is 5.33. The van der Waals surface area contributed by atoms with Crippen LogP contribution in [-0.4, -0.2) is 12.6 Å². The van der Waals surface area contributed by atoms with Gasteiger partial charge in [0.1, 0.15) is 0 Å². The Hall–Kier alpha value is -0.0500. The van der Waals surface area contributed by atoms with E-state index in [1.54, 1.807) is 11.3 Å².